The summed E-state index contributed by atoms with van der Waals surface area (Å²) in [6.45, 7) is 4.46. The van der Waals surface area contributed by atoms with Gasteiger partial charge in [-0.25, -0.2) is 15.0 Å². The Labute approximate surface area is 290 Å². The van der Waals surface area contributed by atoms with Gasteiger partial charge >= 0.3 is 0 Å². The molecule has 0 fully saturated rings. The molecule has 7 aromatic rings. The number of benzene rings is 6. The van der Waals surface area contributed by atoms with Gasteiger partial charge in [-0.05, 0) is 61.4 Å². The second-order valence-electron chi connectivity index (χ2n) is 13.0. The molecule has 0 saturated heterocycles. The van der Waals surface area contributed by atoms with Crippen LogP contribution in [0.3, 0.4) is 0 Å². The number of hydrogen-bond donors (Lipinski definition) is 0. The summed E-state index contributed by atoms with van der Waals surface area (Å²) in [5, 5.41) is 2.44. The van der Waals surface area contributed by atoms with Crippen molar-refractivity contribution in [3.8, 4) is 56.4 Å². The molecule has 10 rings (SSSR count). The van der Waals surface area contributed by atoms with Crippen molar-refractivity contribution in [2.75, 3.05) is 0 Å². The summed E-state index contributed by atoms with van der Waals surface area (Å²) in [4.78, 5) is 20.5. The molecule has 2 atom stereocenters. The molecule has 50 heavy (non-hydrogen) atoms. The smallest absolute Gasteiger partial charge is 0.164 e. The average Bonchev–Trinajstić information content (AvgIpc) is 3.49. The summed E-state index contributed by atoms with van der Waals surface area (Å²) in [6.07, 6.45) is 10.7. The third kappa shape index (κ3) is 4.39. The minimum atomic E-state index is 0.0923. The van der Waals surface area contributed by atoms with E-state index in [-0.39, 0.29) is 12.0 Å². The van der Waals surface area contributed by atoms with Crippen molar-refractivity contribution in [1.29, 1.82) is 0 Å². The zero-order chi connectivity index (χ0) is 33.2. The molecule has 4 nitrogen and oxygen atoms in total. The van der Waals surface area contributed by atoms with Gasteiger partial charge in [-0.3, -0.25) is 4.99 Å². The van der Waals surface area contributed by atoms with Crippen LogP contribution in [-0.4, -0.2) is 27.2 Å². The number of dihydropyridines is 1. The van der Waals surface area contributed by atoms with Gasteiger partial charge in [0, 0.05) is 34.4 Å². The summed E-state index contributed by atoms with van der Waals surface area (Å²) in [5.74, 6) is 2.08. The van der Waals surface area contributed by atoms with Crippen molar-refractivity contribution < 1.29 is 0 Å². The van der Waals surface area contributed by atoms with Crippen molar-refractivity contribution in [2.24, 2.45) is 4.99 Å². The van der Waals surface area contributed by atoms with Gasteiger partial charge in [0.2, 0.25) is 0 Å². The fraction of sp³-hybridized carbons (Fsp3) is 0.0435. The van der Waals surface area contributed by atoms with Gasteiger partial charge in [0.15, 0.2) is 17.5 Å². The zero-order valence-corrected chi connectivity index (χ0v) is 27.2. The Hall–Kier alpha value is -6.52. The Bertz CT molecular complexity index is 2630. The largest absolute Gasteiger partial charge is 0.285 e. The Morgan fingerprint density at radius 2 is 1.16 bits per heavy atom. The van der Waals surface area contributed by atoms with E-state index >= 15 is 0 Å². The molecule has 0 radical (unpaired) electrons. The highest BCUT2D eigenvalue weighted by Gasteiger charge is 2.29. The van der Waals surface area contributed by atoms with Gasteiger partial charge in [-0.2, -0.15) is 0 Å². The molecule has 1 aromatic heterocycles. The highest BCUT2D eigenvalue weighted by molar-refractivity contribution is 6.06. The number of fused-ring (bicyclic) bond motifs is 8. The lowest BCUT2D eigenvalue weighted by atomic mass is 9.78. The van der Waals surface area contributed by atoms with E-state index in [0.29, 0.717) is 17.5 Å². The predicted molar refractivity (Wildman–Crippen MR) is 206 cm³/mol. The molecule has 2 heterocycles. The number of aliphatic imine (C=N–C) groups is 1. The van der Waals surface area contributed by atoms with Crippen LogP contribution < -0.4 is 0 Å². The SMILES string of the molecule is C=C1c2ccccc2-c2c1cccc2-c1nc(-c2ccccc2)nc(-c2ccccc2-c2cccc3ccc4c(c23)C2C=CC=NC2C=C4)n1. The maximum Gasteiger partial charge on any atom is 0.164 e. The minimum absolute atomic E-state index is 0.0923. The fourth-order valence-electron chi connectivity index (χ4n) is 7.95. The molecular weight excluding hydrogens is 609 g/mol. The second kappa shape index (κ2) is 11.3. The molecule has 2 unspecified atom stereocenters. The van der Waals surface area contributed by atoms with Crippen LogP contribution in [-0.2, 0) is 0 Å². The topological polar surface area (TPSA) is 51.0 Å². The van der Waals surface area contributed by atoms with Crippen LogP contribution in [0.2, 0.25) is 0 Å². The van der Waals surface area contributed by atoms with E-state index in [1.54, 1.807) is 0 Å². The molecule has 3 aliphatic rings. The summed E-state index contributed by atoms with van der Waals surface area (Å²) in [6, 6.07) is 44.6. The lowest BCUT2D eigenvalue weighted by Crippen LogP contribution is -2.19. The predicted octanol–water partition coefficient (Wildman–Crippen LogP) is 10.9. The first-order chi connectivity index (χ1) is 24.7. The summed E-state index contributed by atoms with van der Waals surface area (Å²) in [5.41, 5.74) is 13.2. The van der Waals surface area contributed by atoms with Crippen LogP contribution in [0.1, 0.15) is 28.2 Å². The van der Waals surface area contributed by atoms with Crippen LogP contribution in [0.15, 0.2) is 157 Å². The standard InChI is InChI=1S/C46H30N4/c1-28-32-15-5-7-17-35(32)43-33(28)19-10-21-39(43)46-49-44(31-12-3-2-4-13-31)48-45(50-46)37-18-8-6-16-34(37)36-20-9-14-29-23-24-30-25-26-40-38(22-11-27-47-40)42(30)41(29)36/h2-27,38,40H,1H2. The van der Waals surface area contributed by atoms with Gasteiger partial charge in [0.25, 0.3) is 0 Å². The van der Waals surface area contributed by atoms with Crippen molar-refractivity contribution in [3.63, 3.8) is 0 Å². The van der Waals surface area contributed by atoms with E-state index < -0.39 is 0 Å². The summed E-state index contributed by atoms with van der Waals surface area (Å²) >= 11 is 0. The first-order valence-electron chi connectivity index (χ1n) is 17.0. The van der Waals surface area contributed by atoms with Crippen LogP contribution >= 0.6 is 0 Å². The Morgan fingerprint density at radius 1 is 0.500 bits per heavy atom. The highest BCUT2D eigenvalue weighted by Crippen LogP contribution is 2.48. The summed E-state index contributed by atoms with van der Waals surface area (Å²) in [7, 11) is 0. The van der Waals surface area contributed by atoms with Crippen molar-refractivity contribution >= 4 is 28.6 Å². The van der Waals surface area contributed by atoms with Crippen LogP contribution in [0, 0.1) is 0 Å². The van der Waals surface area contributed by atoms with Crippen molar-refractivity contribution in [1.82, 2.24) is 15.0 Å². The van der Waals surface area contributed by atoms with Crippen molar-refractivity contribution in [2.45, 2.75) is 12.0 Å². The molecular formula is C46H30N4. The van der Waals surface area contributed by atoms with E-state index in [9.17, 15) is 0 Å². The monoisotopic (exact) mass is 638 g/mol. The van der Waals surface area contributed by atoms with Gasteiger partial charge in [-0.1, -0.05) is 152 Å². The quantitative estimate of drug-likeness (QED) is 0.193. The van der Waals surface area contributed by atoms with Gasteiger partial charge in [-0.15, -0.1) is 0 Å². The van der Waals surface area contributed by atoms with Crippen molar-refractivity contribution in [3.05, 3.63) is 174 Å². The molecule has 0 amide bonds. The van der Waals surface area contributed by atoms with Crippen LogP contribution in [0.5, 0.6) is 0 Å². The first-order valence-corrected chi connectivity index (χ1v) is 17.0. The maximum absolute atomic E-state index is 5.30. The number of rotatable bonds is 4. The average molecular weight is 639 g/mol. The maximum atomic E-state index is 5.30. The van der Waals surface area contributed by atoms with Crippen LogP contribution in [0.4, 0.5) is 0 Å². The third-order valence-corrected chi connectivity index (χ3v) is 10.2. The Balaban J connectivity index is 1.22. The number of aromatic nitrogens is 3. The van der Waals surface area contributed by atoms with E-state index in [0.717, 1.165) is 55.6 Å². The minimum Gasteiger partial charge on any atom is -0.285 e. The number of hydrogen-bond acceptors (Lipinski definition) is 4. The van der Waals surface area contributed by atoms with Crippen LogP contribution in [0.25, 0.3) is 78.8 Å². The second-order valence-corrected chi connectivity index (χ2v) is 13.0. The molecule has 1 aliphatic heterocycles. The third-order valence-electron chi connectivity index (χ3n) is 10.2. The fourth-order valence-corrected chi connectivity index (χ4v) is 7.95. The van der Waals surface area contributed by atoms with Gasteiger partial charge in [0.1, 0.15) is 0 Å². The van der Waals surface area contributed by atoms with E-state index in [4.69, 9.17) is 19.9 Å². The molecule has 0 bridgehead atoms. The van der Waals surface area contributed by atoms with Gasteiger partial charge < -0.3 is 0 Å². The molecule has 0 saturated carbocycles. The zero-order valence-electron chi connectivity index (χ0n) is 27.2. The molecule has 6 aromatic carbocycles. The normalized spacial score (nSPS) is 16.6. The summed E-state index contributed by atoms with van der Waals surface area (Å²) < 4.78 is 0. The van der Waals surface area contributed by atoms with E-state index in [1.807, 2.05) is 24.4 Å². The highest BCUT2D eigenvalue weighted by atomic mass is 15.0. The van der Waals surface area contributed by atoms with Gasteiger partial charge in [0.05, 0.1) is 6.04 Å². The molecule has 0 spiro atoms. The Morgan fingerprint density at radius 3 is 2.02 bits per heavy atom. The Kier molecular flexibility index (Phi) is 6.43. The molecule has 2 aliphatic carbocycles. The molecule has 234 valence electrons. The molecule has 4 heteroatoms. The first kappa shape index (κ1) is 28.5. The lowest BCUT2D eigenvalue weighted by Gasteiger charge is -2.29. The molecule has 0 N–H and O–H groups in total. The number of allylic oxidation sites excluding steroid dienone is 1. The van der Waals surface area contributed by atoms with E-state index in [2.05, 4.69) is 140 Å². The lowest BCUT2D eigenvalue weighted by molar-refractivity contribution is 0.717. The number of nitrogens with zero attached hydrogens (tertiary/aromatic N) is 4. The van der Waals surface area contributed by atoms with E-state index in [1.165, 1.54) is 21.9 Å².